The van der Waals surface area contributed by atoms with Crippen molar-refractivity contribution in [2.24, 2.45) is 0 Å². The maximum atomic E-state index is 12.2. The molecule has 288 valence electrons. The van der Waals surface area contributed by atoms with Gasteiger partial charge in [-0.3, -0.25) is 0 Å². The molecule has 9 nitrogen and oxygen atoms in total. The monoisotopic (exact) mass is 713 g/mol. The Labute approximate surface area is 308 Å². The number of carbonyl (C=O) groups excluding carboxylic acids is 1. The van der Waals surface area contributed by atoms with E-state index in [2.05, 4.69) is 36.5 Å². The van der Waals surface area contributed by atoms with E-state index in [1.165, 1.54) is 99.3 Å². The minimum Gasteiger partial charge on any atom is -0.449 e. The van der Waals surface area contributed by atoms with Gasteiger partial charge in [-0.1, -0.05) is 133 Å². The van der Waals surface area contributed by atoms with Crippen LogP contribution in [0.25, 0.3) is 11.1 Å². The van der Waals surface area contributed by atoms with Gasteiger partial charge in [-0.25, -0.2) is 4.79 Å². The van der Waals surface area contributed by atoms with Gasteiger partial charge in [0, 0.05) is 19.1 Å². The number of carbonyl (C=O) groups is 1. The van der Waals surface area contributed by atoms with Crippen molar-refractivity contribution < 1.29 is 38.0 Å². The van der Waals surface area contributed by atoms with Crippen molar-refractivity contribution in [1.82, 2.24) is 5.32 Å². The van der Waals surface area contributed by atoms with Gasteiger partial charge >= 0.3 is 6.09 Å². The third kappa shape index (κ3) is 19.8. The highest BCUT2D eigenvalue weighted by Gasteiger charge is 2.28. The number of alkyl carbamates (subject to hydrolysis) is 1. The first-order chi connectivity index (χ1) is 25.3. The second kappa shape index (κ2) is 30.0. The maximum Gasteiger partial charge on any atom is 0.407 e. The minimum atomic E-state index is -0.439. The van der Waals surface area contributed by atoms with Gasteiger partial charge in [0.1, 0.15) is 6.61 Å². The molecule has 0 fully saturated rings. The quantitative estimate of drug-likeness (QED) is 0.0721. The minimum absolute atomic E-state index is 0.0479. The fourth-order valence-corrected chi connectivity index (χ4v) is 6.30. The zero-order valence-corrected chi connectivity index (χ0v) is 31.6. The second-order valence-corrected chi connectivity index (χ2v) is 13.2. The molecule has 9 heteroatoms. The van der Waals surface area contributed by atoms with E-state index in [9.17, 15) is 4.79 Å². The Morgan fingerprint density at radius 3 is 1.31 bits per heavy atom. The summed E-state index contributed by atoms with van der Waals surface area (Å²) in [4.78, 5) is 12.2. The van der Waals surface area contributed by atoms with Crippen molar-refractivity contribution in [2.45, 2.75) is 96.3 Å². The SMILES string of the molecule is CCCCCCCCCCCCCCCOCCOCCOCCOCCOCCOCCNC(=O)OCC1c2ccccc2-c2ccccc21. The summed E-state index contributed by atoms with van der Waals surface area (Å²) in [5, 5.41) is 2.76. The predicted octanol–water partition coefficient (Wildman–Crippen LogP) is 8.72. The van der Waals surface area contributed by atoms with Gasteiger partial charge in [0.05, 0.1) is 72.7 Å². The summed E-state index contributed by atoms with van der Waals surface area (Å²) in [7, 11) is 0. The molecule has 1 N–H and O–H groups in total. The molecule has 0 bridgehead atoms. The van der Waals surface area contributed by atoms with E-state index in [1.807, 2.05) is 24.3 Å². The lowest BCUT2D eigenvalue weighted by atomic mass is 9.98. The Bertz CT molecular complexity index is 1090. The van der Waals surface area contributed by atoms with E-state index in [4.69, 9.17) is 33.2 Å². The largest absolute Gasteiger partial charge is 0.449 e. The molecule has 0 heterocycles. The van der Waals surface area contributed by atoms with Crippen molar-refractivity contribution in [3.8, 4) is 11.1 Å². The van der Waals surface area contributed by atoms with Crippen LogP contribution in [-0.2, 0) is 33.2 Å². The zero-order chi connectivity index (χ0) is 35.9. The molecule has 0 unspecified atom stereocenters. The number of hydrogen-bond acceptors (Lipinski definition) is 8. The van der Waals surface area contributed by atoms with E-state index in [1.54, 1.807) is 0 Å². The highest BCUT2D eigenvalue weighted by atomic mass is 16.6. The predicted molar refractivity (Wildman–Crippen MR) is 204 cm³/mol. The highest BCUT2D eigenvalue weighted by Crippen LogP contribution is 2.44. The summed E-state index contributed by atoms with van der Waals surface area (Å²) in [6, 6.07) is 16.6. The summed E-state index contributed by atoms with van der Waals surface area (Å²) in [6.45, 7) is 9.47. The summed E-state index contributed by atoms with van der Waals surface area (Å²) >= 11 is 0. The molecular weight excluding hydrogens is 646 g/mol. The molecule has 51 heavy (non-hydrogen) atoms. The normalized spacial score (nSPS) is 12.3. The molecule has 0 atom stereocenters. The molecule has 1 amide bonds. The first kappa shape index (κ1) is 42.9. The van der Waals surface area contributed by atoms with Crippen LogP contribution in [0.5, 0.6) is 0 Å². The molecule has 1 aliphatic carbocycles. The van der Waals surface area contributed by atoms with E-state index in [-0.39, 0.29) is 5.92 Å². The van der Waals surface area contributed by atoms with Crippen LogP contribution < -0.4 is 5.32 Å². The number of unbranched alkanes of at least 4 members (excludes halogenated alkanes) is 12. The Morgan fingerprint density at radius 1 is 0.490 bits per heavy atom. The zero-order valence-electron chi connectivity index (χ0n) is 31.6. The summed E-state index contributed by atoms with van der Waals surface area (Å²) in [5.41, 5.74) is 4.81. The van der Waals surface area contributed by atoms with Crippen LogP contribution >= 0.6 is 0 Å². The number of fused-ring (bicyclic) bond motifs is 3. The summed E-state index contributed by atoms with van der Waals surface area (Å²) < 4.78 is 38.9. The molecule has 0 aromatic heterocycles. The van der Waals surface area contributed by atoms with Crippen LogP contribution in [0.2, 0.25) is 0 Å². The van der Waals surface area contributed by atoms with Crippen molar-refractivity contribution in [1.29, 1.82) is 0 Å². The summed E-state index contributed by atoms with van der Waals surface area (Å²) in [6.07, 6.45) is 17.3. The standard InChI is InChI=1S/C42H67NO8/c1-2-3-4-5-6-7-8-9-10-11-12-13-18-24-45-26-28-47-30-32-49-34-35-50-33-31-48-29-27-46-25-23-43-42(44)51-36-41-39-21-16-14-19-37(39)38-20-15-17-22-40(38)41/h14-17,19-22,41H,2-13,18,23-36H2,1H3,(H,43,44). The third-order valence-electron chi connectivity index (χ3n) is 9.11. The van der Waals surface area contributed by atoms with Crippen LogP contribution in [0.15, 0.2) is 48.5 Å². The Morgan fingerprint density at radius 2 is 0.863 bits per heavy atom. The number of hydrogen-bond donors (Lipinski definition) is 1. The Balaban J connectivity index is 0.965. The van der Waals surface area contributed by atoms with E-state index in [0.717, 1.165) is 13.0 Å². The van der Waals surface area contributed by atoms with E-state index in [0.29, 0.717) is 85.8 Å². The molecular formula is C42H67NO8. The highest BCUT2D eigenvalue weighted by molar-refractivity contribution is 5.79. The van der Waals surface area contributed by atoms with Gasteiger partial charge in [-0.05, 0) is 28.7 Å². The third-order valence-corrected chi connectivity index (χ3v) is 9.11. The van der Waals surface area contributed by atoms with Crippen LogP contribution in [0, 0.1) is 0 Å². The first-order valence-corrected chi connectivity index (χ1v) is 19.9. The lowest BCUT2D eigenvalue weighted by molar-refractivity contribution is -0.0167. The number of ether oxygens (including phenoxy) is 7. The average Bonchev–Trinajstić information content (AvgIpc) is 3.48. The van der Waals surface area contributed by atoms with Crippen molar-refractivity contribution >= 4 is 6.09 Å². The van der Waals surface area contributed by atoms with Crippen molar-refractivity contribution in [3.05, 3.63) is 59.7 Å². The van der Waals surface area contributed by atoms with Crippen LogP contribution in [-0.4, -0.2) is 98.5 Å². The fraction of sp³-hybridized carbons (Fsp3) is 0.690. The molecule has 0 saturated heterocycles. The summed E-state index contributed by atoms with van der Waals surface area (Å²) in [5.74, 6) is 0.0479. The maximum absolute atomic E-state index is 12.2. The molecule has 0 aliphatic heterocycles. The molecule has 0 spiro atoms. The second-order valence-electron chi connectivity index (χ2n) is 13.2. The lowest BCUT2D eigenvalue weighted by Gasteiger charge is -2.14. The topological polar surface area (TPSA) is 93.7 Å². The van der Waals surface area contributed by atoms with Gasteiger partial charge < -0.3 is 38.5 Å². The lowest BCUT2D eigenvalue weighted by Crippen LogP contribution is -2.29. The number of rotatable bonds is 34. The number of benzene rings is 2. The molecule has 2 aromatic carbocycles. The molecule has 2 aromatic rings. The number of amides is 1. The van der Waals surface area contributed by atoms with Gasteiger partial charge in [0.15, 0.2) is 0 Å². The van der Waals surface area contributed by atoms with Crippen LogP contribution in [0.4, 0.5) is 4.79 Å². The van der Waals surface area contributed by atoms with Gasteiger partial charge in [-0.2, -0.15) is 0 Å². The van der Waals surface area contributed by atoms with Crippen LogP contribution in [0.3, 0.4) is 0 Å². The Hall–Kier alpha value is -2.53. The molecule has 0 saturated carbocycles. The molecule has 0 radical (unpaired) electrons. The molecule has 1 aliphatic rings. The molecule has 3 rings (SSSR count). The number of nitrogens with one attached hydrogen (secondary N) is 1. The van der Waals surface area contributed by atoms with Crippen LogP contribution in [0.1, 0.15) is 107 Å². The van der Waals surface area contributed by atoms with Crippen molar-refractivity contribution in [2.75, 3.05) is 92.4 Å². The average molecular weight is 714 g/mol. The van der Waals surface area contributed by atoms with E-state index < -0.39 is 6.09 Å². The smallest absolute Gasteiger partial charge is 0.407 e. The van der Waals surface area contributed by atoms with Gasteiger partial charge in [0.2, 0.25) is 0 Å². The van der Waals surface area contributed by atoms with Gasteiger partial charge in [-0.15, -0.1) is 0 Å². The fourth-order valence-electron chi connectivity index (χ4n) is 6.30. The van der Waals surface area contributed by atoms with Gasteiger partial charge in [0.25, 0.3) is 0 Å². The van der Waals surface area contributed by atoms with Crippen molar-refractivity contribution in [3.63, 3.8) is 0 Å². The first-order valence-electron chi connectivity index (χ1n) is 19.9. The van der Waals surface area contributed by atoms with E-state index >= 15 is 0 Å². The Kier molecular flexibility index (Phi) is 25.2.